The lowest BCUT2D eigenvalue weighted by molar-refractivity contribution is -0.123. The molecule has 1 atom stereocenters. The fourth-order valence-corrected chi connectivity index (χ4v) is 1.66. The summed E-state index contributed by atoms with van der Waals surface area (Å²) in [4.78, 5) is 35.1. The van der Waals surface area contributed by atoms with Crippen LogP contribution in [0.4, 0.5) is 4.79 Å². The van der Waals surface area contributed by atoms with E-state index in [1.807, 2.05) is 6.92 Å². The second-order valence-corrected chi connectivity index (χ2v) is 5.01. The van der Waals surface area contributed by atoms with Crippen molar-refractivity contribution in [3.63, 3.8) is 0 Å². The Kier molecular flexibility index (Phi) is 7.54. The number of esters is 1. The molecule has 0 radical (unpaired) electrons. The molecule has 0 spiro atoms. The minimum absolute atomic E-state index is 0.0652. The standard InChI is InChI=1S/C16H22N2O6/c1-5-10(2)17-16(21)18-14(19)9-24-15(20)11-6-12(22-3)8-13(7-11)23-4/h6-8,10H,5,9H2,1-4H3,(H2,17,18,19,21)/t10-/m0/s1. The van der Waals surface area contributed by atoms with Crippen LogP contribution >= 0.6 is 0 Å². The lowest BCUT2D eigenvalue weighted by atomic mass is 10.2. The number of hydrogen-bond donors (Lipinski definition) is 2. The first-order chi connectivity index (χ1) is 11.4. The van der Waals surface area contributed by atoms with E-state index in [1.165, 1.54) is 26.4 Å². The van der Waals surface area contributed by atoms with E-state index in [0.717, 1.165) is 6.42 Å². The van der Waals surface area contributed by atoms with Gasteiger partial charge in [0, 0.05) is 12.1 Å². The van der Waals surface area contributed by atoms with Crippen LogP contribution in [0.5, 0.6) is 11.5 Å². The third-order valence-corrected chi connectivity index (χ3v) is 3.16. The minimum atomic E-state index is -0.732. The third kappa shape index (κ3) is 6.15. The topological polar surface area (TPSA) is 103 Å². The van der Waals surface area contributed by atoms with Crippen LogP contribution < -0.4 is 20.1 Å². The maximum absolute atomic E-state index is 12.0. The molecule has 0 saturated heterocycles. The van der Waals surface area contributed by atoms with Crippen LogP contribution in [0.15, 0.2) is 18.2 Å². The van der Waals surface area contributed by atoms with Gasteiger partial charge in [0.05, 0.1) is 19.8 Å². The second-order valence-electron chi connectivity index (χ2n) is 5.01. The van der Waals surface area contributed by atoms with Gasteiger partial charge < -0.3 is 19.5 Å². The molecule has 0 bridgehead atoms. The van der Waals surface area contributed by atoms with E-state index in [1.54, 1.807) is 13.0 Å². The van der Waals surface area contributed by atoms with Crippen LogP contribution in [-0.4, -0.2) is 44.8 Å². The van der Waals surface area contributed by atoms with Gasteiger partial charge in [-0.3, -0.25) is 10.1 Å². The van der Waals surface area contributed by atoms with E-state index in [-0.39, 0.29) is 11.6 Å². The first kappa shape index (κ1) is 19.3. The second kappa shape index (κ2) is 9.39. The molecule has 132 valence electrons. The van der Waals surface area contributed by atoms with Crippen LogP contribution in [0.2, 0.25) is 0 Å². The van der Waals surface area contributed by atoms with E-state index in [9.17, 15) is 14.4 Å². The molecule has 0 heterocycles. The molecular weight excluding hydrogens is 316 g/mol. The highest BCUT2D eigenvalue weighted by atomic mass is 16.5. The summed E-state index contributed by atoms with van der Waals surface area (Å²) in [7, 11) is 2.90. The van der Waals surface area contributed by atoms with Gasteiger partial charge in [-0.25, -0.2) is 9.59 Å². The highest BCUT2D eigenvalue weighted by molar-refractivity contribution is 5.97. The molecule has 0 aromatic heterocycles. The summed E-state index contributed by atoms with van der Waals surface area (Å²) in [5.74, 6) is -0.624. The summed E-state index contributed by atoms with van der Waals surface area (Å²) in [5.41, 5.74) is 0.169. The molecule has 3 amide bonds. The van der Waals surface area contributed by atoms with Crippen molar-refractivity contribution in [1.82, 2.24) is 10.6 Å². The number of amides is 3. The number of carbonyl (C=O) groups excluding carboxylic acids is 3. The maximum atomic E-state index is 12.0. The predicted molar refractivity (Wildman–Crippen MR) is 86.3 cm³/mol. The smallest absolute Gasteiger partial charge is 0.338 e. The van der Waals surface area contributed by atoms with Crippen molar-refractivity contribution in [2.45, 2.75) is 26.3 Å². The van der Waals surface area contributed by atoms with Crippen molar-refractivity contribution < 1.29 is 28.6 Å². The number of nitrogens with one attached hydrogen (secondary N) is 2. The lowest BCUT2D eigenvalue weighted by Crippen LogP contribution is -2.44. The molecule has 1 aromatic rings. The van der Waals surface area contributed by atoms with Crippen LogP contribution in [0, 0.1) is 0 Å². The Labute approximate surface area is 140 Å². The summed E-state index contributed by atoms with van der Waals surface area (Å²) < 4.78 is 15.0. The zero-order valence-corrected chi connectivity index (χ0v) is 14.2. The Bertz CT molecular complexity index is 580. The number of hydrogen-bond acceptors (Lipinski definition) is 6. The summed E-state index contributed by atoms with van der Waals surface area (Å²) in [6.45, 7) is 3.13. The first-order valence-corrected chi connectivity index (χ1v) is 7.40. The number of methoxy groups -OCH3 is 2. The molecule has 0 aliphatic rings. The van der Waals surface area contributed by atoms with Crippen molar-refractivity contribution in [2.75, 3.05) is 20.8 Å². The van der Waals surface area contributed by atoms with Crippen LogP contribution in [0.1, 0.15) is 30.6 Å². The van der Waals surface area contributed by atoms with Crippen LogP contribution in [-0.2, 0) is 9.53 Å². The average Bonchev–Trinajstić information content (AvgIpc) is 2.58. The normalized spacial score (nSPS) is 11.2. The Balaban J connectivity index is 2.56. The van der Waals surface area contributed by atoms with Gasteiger partial charge in [0.15, 0.2) is 6.61 Å². The van der Waals surface area contributed by atoms with Gasteiger partial charge in [-0.05, 0) is 25.5 Å². The molecular formula is C16H22N2O6. The number of rotatable bonds is 7. The molecule has 0 saturated carbocycles. The summed E-state index contributed by atoms with van der Waals surface area (Å²) >= 11 is 0. The molecule has 0 aliphatic carbocycles. The Hall–Kier alpha value is -2.77. The molecule has 2 N–H and O–H groups in total. The highest BCUT2D eigenvalue weighted by Crippen LogP contribution is 2.22. The SMILES string of the molecule is CC[C@H](C)NC(=O)NC(=O)COC(=O)c1cc(OC)cc(OC)c1. The number of urea groups is 1. The van der Waals surface area contributed by atoms with Crippen molar-refractivity contribution in [3.05, 3.63) is 23.8 Å². The summed E-state index contributed by atoms with van der Waals surface area (Å²) in [6.07, 6.45) is 0.730. The molecule has 0 aliphatic heterocycles. The van der Waals surface area contributed by atoms with E-state index in [0.29, 0.717) is 11.5 Å². The predicted octanol–water partition coefficient (Wildman–Crippen LogP) is 1.48. The van der Waals surface area contributed by atoms with E-state index >= 15 is 0 Å². The zero-order valence-electron chi connectivity index (χ0n) is 14.2. The van der Waals surface area contributed by atoms with E-state index in [2.05, 4.69) is 10.6 Å². The maximum Gasteiger partial charge on any atom is 0.338 e. The number of imide groups is 1. The zero-order chi connectivity index (χ0) is 18.1. The van der Waals surface area contributed by atoms with Crippen LogP contribution in [0.25, 0.3) is 0 Å². The van der Waals surface area contributed by atoms with Gasteiger partial charge >= 0.3 is 12.0 Å². The van der Waals surface area contributed by atoms with Gasteiger partial charge in [-0.15, -0.1) is 0 Å². The highest BCUT2D eigenvalue weighted by Gasteiger charge is 2.15. The Morgan fingerprint density at radius 1 is 1.08 bits per heavy atom. The lowest BCUT2D eigenvalue weighted by Gasteiger charge is -2.12. The first-order valence-electron chi connectivity index (χ1n) is 7.40. The summed E-state index contributed by atoms with van der Waals surface area (Å²) in [6, 6.07) is 3.82. The number of benzene rings is 1. The fraction of sp³-hybridized carbons (Fsp3) is 0.438. The van der Waals surface area contributed by atoms with E-state index < -0.39 is 24.5 Å². The molecule has 0 unspecified atom stereocenters. The van der Waals surface area contributed by atoms with Gasteiger partial charge in [0.25, 0.3) is 5.91 Å². The van der Waals surface area contributed by atoms with Crippen molar-refractivity contribution in [3.8, 4) is 11.5 Å². The molecule has 24 heavy (non-hydrogen) atoms. The van der Waals surface area contributed by atoms with Gasteiger partial charge in [0.1, 0.15) is 11.5 Å². The molecule has 1 rings (SSSR count). The van der Waals surface area contributed by atoms with Gasteiger partial charge in [0.2, 0.25) is 0 Å². The van der Waals surface area contributed by atoms with Crippen LogP contribution in [0.3, 0.4) is 0 Å². The van der Waals surface area contributed by atoms with Gasteiger partial charge in [-0.1, -0.05) is 6.92 Å². The average molecular weight is 338 g/mol. The summed E-state index contributed by atoms with van der Waals surface area (Å²) in [5, 5.41) is 4.65. The monoisotopic (exact) mass is 338 g/mol. The van der Waals surface area contributed by atoms with E-state index in [4.69, 9.17) is 14.2 Å². The van der Waals surface area contributed by atoms with Crippen molar-refractivity contribution >= 4 is 17.9 Å². The molecule has 0 fully saturated rings. The quantitative estimate of drug-likeness (QED) is 0.730. The van der Waals surface area contributed by atoms with Gasteiger partial charge in [-0.2, -0.15) is 0 Å². The third-order valence-electron chi connectivity index (χ3n) is 3.16. The Morgan fingerprint density at radius 2 is 1.67 bits per heavy atom. The largest absolute Gasteiger partial charge is 0.497 e. The van der Waals surface area contributed by atoms with Crippen molar-refractivity contribution in [1.29, 1.82) is 0 Å². The Morgan fingerprint density at radius 3 is 2.17 bits per heavy atom. The molecule has 1 aromatic carbocycles. The van der Waals surface area contributed by atoms with Crippen molar-refractivity contribution in [2.24, 2.45) is 0 Å². The minimum Gasteiger partial charge on any atom is -0.497 e. The number of ether oxygens (including phenoxy) is 3. The fourth-order valence-electron chi connectivity index (χ4n) is 1.66. The molecule has 8 nitrogen and oxygen atoms in total. The number of carbonyl (C=O) groups is 3. The molecule has 8 heteroatoms.